The Balaban J connectivity index is 1.65. The fourth-order valence-corrected chi connectivity index (χ4v) is 3.28. The number of fused-ring (bicyclic) bond motifs is 1. The molecule has 19 heavy (non-hydrogen) atoms. The third-order valence-electron chi connectivity index (χ3n) is 4.46. The summed E-state index contributed by atoms with van der Waals surface area (Å²) in [7, 11) is 0. The van der Waals surface area contributed by atoms with Crippen molar-refractivity contribution in [1.29, 1.82) is 0 Å². The predicted octanol–water partition coefficient (Wildman–Crippen LogP) is 4.06. The highest BCUT2D eigenvalue weighted by atomic mass is 16.4. The highest BCUT2D eigenvalue weighted by Gasteiger charge is 2.33. The maximum Gasteiger partial charge on any atom is 0.335 e. The second-order valence-electron chi connectivity index (χ2n) is 5.83. The summed E-state index contributed by atoms with van der Waals surface area (Å²) in [4.78, 5) is 10.8. The lowest BCUT2D eigenvalue weighted by Gasteiger charge is -2.20. The minimum Gasteiger partial charge on any atom is -0.478 e. The van der Waals surface area contributed by atoms with E-state index >= 15 is 0 Å². The molecule has 0 saturated heterocycles. The van der Waals surface area contributed by atoms with E-state index in [1.54, 1.807) is 17.7 Å². The van der Waals surface area contributed by atoms with Crippen LogP contribution in [0.4, 0.5) is 0 Å². The second kappa shape index (κ2) is 5.20. The Labute approximate surface area is 114 Å². The van der Waals surface area contributed by atoms with Crippen LogP contribution in [0.1, 0.15) is 48.0 Å². The zero-order valence-electron chi connectivity index (χ0n) is 11.1. The van der Waals surface area contributed by atoms with Gasteiger partial charge in [0.05, 0.1) is 5.56 Å². The highest BCUT2D eigenvalue weighted by Crippen LogP contribution is 2.44. The van der Waals surface area contributed by atoms with Crippen molar-refractivity contribution in [2.45, 2.75) is 38.5 Å². The van der Waals surface area contributed by atoms with Crippen molar-refractivity contribution in [3.8, 4) is 0 Å². The van der Waals surface area contributed by atoms with E-state index in [2.05, 4.69) is 6.08 Å². The smallest absolute Gasteiger partial charge is 0.335 e. The van der Waals surface area contributed by atoms with Crippen molar-refractivity contribution in [1.82, 2.24) is 0 Å². The first-order valence-corrected chi connectivity index (χ1v) is 7.27. The largest absolute Gasteiger partial charge is 0.478 e. The SMILES string of the molecule is O=C(O)c1ccc(CC2CCCCCC3=CC32)cc1. The van der Waals surface area contributed by atoms with Crippen LogP contribution in [0.3, 0.4) is 0 Å². The molecule has 0 radical (unpaired) electrons. The third kappa shape index (κ3) is 2.89. The topological polar surface area (TPSA) is 37.3 Å². The van der Waals surface area contributed by atoms with Gasteiger partial charge >= 0.3 is 5.97 Å². The molecule has 2 unspecified atom stereocenters. The average Bonchev–Trinajstić information content (AvgIpc) is 3.13. The summed E-state index contributed by atoms with van der Waals surface area (Å²) in [5.41, 5.74) is 3.33. The molecule has 1 N–H and O–H groups in total. The maximum atomic E-state index is 10.8. The molecule has 2 aliphatic rings. The zero-order chi connectivity index (χ0) is 13.2. The molecule has 0 aliphatic heterocycles. The van der Waals surface area contributed by atoms with Crippen molar-refractivity contribution in [2.75, 3.05) is 0 Å². The fraction of sp³-hybridized carbons (Fsp3) is 0.471. The molecule has 0 spiro atoms. The van der Waals surface area contributed by atoms with Gasteiger partial charge in [-0.1, -0.05) is 36.6 Å². The van der Waals surface area contributed by atoms with E-state index < -0.39 is 5.97 Å². The Morgan fingerprint density at radius 3 is 2.68 bits per heavy atom. The fourth-order valence-electron chi connectivity index (χ4n) is 3.28. The summed E-state index contributed by atoms with van der Waals surface area (Å²) in [5, 5.41) is 8.91. The molecule has 0 aromatic heterocycles. The van der Waals surface area contributed by atoms with Gasteiger partial charge < -0.3 is 5.11 Å². The quantitative estimate of drug-likeness (QED) is 0.828. The molecule has 1 saturated carbocycles. The molecular weight excluding hydrogens is 236 g/mol. The standard InChI is InChI=1S/C17H20O2/c18-17(19)13-8-6-12(7-9-13)10-14-4-2-1-3-5-15-11-16(14)15/h6-9,11,14,16H,1-5,10H2,(H,18,19). The number of carboxylic acid groups (broad SMARTS) is 1. The van der Waals surface area contributed by atoms with Crippen LogP contribution in [-0.4, -0.2) is 11.1 Å². The first-order chi connectivity index (χ1) is 9.24. The lowest BCUT2D eigenvalue weighted by Crippen LogP contribution is -2.11. The van der Waals surface area contributed by atoms with Gasteiger partial charge in [0, 0.05) is 5.92 Å². The van der Waals surface area contributed by atoms with Crippen molar-refractivity contribution in [3.05, 3.63) is 47.0 Å². The number of carbonyl (C=O) groups is 1. The number of hydrogen-bond acceptors (Lipinski definition) is 1. The van der Waals surface area contributed by atoms with E-state index in [1.807, 2.05) is 12.1 Å². The van der Waals surface area contributed by atoms with Gasteiger partial charge in [0.25, 0.3) is 0 Å². The van der Waals surface area contributed by atoms with E-state index in [-0.39, 0.29) is 0 Å². The molecular formula is C17H20O2. The Bertz CT molecular complexity index is 498. The number of rotatable bonds is 3. The van der Waals surface area contributed by atoms with Crippen LogP contribution >= 0.6 is 0 Å². The summed E-state index contributed by atoms with van der Waals surface area (Å²) in [5.74, 6) is 0.647. The number of hydrogen-bond donors (Lipinski definition) is 1. The van der Waals surface area contributed by atoms with Crippen LogP contribution in [-0.2, 0) is 6.42 Å². The molecule has 2 aliphatic carbocycles. The van der Waals surface area contributed by atoms with Gasteiger partial charge in [0.1, 0.15) is 0 Å². The van der Waals surface area contributed by atoms with E-state index in [0.29, 0.717) is 5.56 Å². The van der Waals surface area contributed by atoms with Gasteiger partial charge in [-0.2, -0.15) is 0 Å². The van der Waals surface area contributed by atoms with Crippen molar-refractivity contribution in [2.24, 2.45) is 11.8 Å². The van der Waals surface area contributed by atoms with Gasteiger partial charge in [-0.3, -0.25) is 0 Å². The van der Waals surface area contributed by atoms with Crippen LogP contribution in [0.5, 0.6) is 0 Å². The second-order valence-corrected chi connectivity index (χ2v) is 5.83. The van der Waals surface area contributed by atoms with Crippen LogP contribution in [0.25, 0.3) is 0 Å². The summed E-state index contributed by atoms with van der Waals surface area (Å²) in [6, 6.07) is 7.40. The molecule has 1 aromatic rings. The molecule has 0 bridgehead atoms. The van der Waals surface area contributed by atoms with Gasteiger partial charge in [-0.15, -0.1) is 0 Å². The van der Waals surface area contributed by atoms with E-state index in [4.69, 9.17) is 5.11 Å². The number of benzene rings is 1. The summed E-state index contributed by atoms with van der Waals surface area (Å²) in [6.45, 7) is 0. The van der Waals surface area contributed by atoms with E-state index in [0.717, 1.165) is 18.3 Å². The summed E-state index contributed by atoms with van der Waals surface area (Å²) >= 11 is 0. The van der Waals surface area contributed by atoms with Crippen LogP contribution in [0.15, 0.2) is 35.9 Å². The number of carboxylic acids is 1. The van der Waals surface area contributed by atoms with Crippen LogP contribution < -0.4 is 0 Å². The first-order valence-electron chi connectivity index (χ1n) is 7.27. The molecule has 1 fully saturated rings. The minimum absolute atomic E-state index is 0.381. The molecule has 2 atom stereocenters. The van der Waals surface area contributed by atoms with Gasteiger partial charge in [-0.05, 0) is 49.3 Å². The van der Waals surface area contributed by atoms with Crippen LogP contribution in [0.2, 0.25) is 0 Å². The third-order valence-corrected chi connectivity index (χ3v) is 4.46. The monoisotopic (exact) mass is 256 g/mol. The van der Waals surface area contributed by atoms with Gasteiger partial charge in [0.15, 0.2) is 0 Å². The molecule has 0 amide bonds. The van der Waals surface area contributed by atoms with Crippen molar-refractivity contribution in [3.63, 3.8) is 0 Å². The summed E-state index contributed by atoms with van der Waals surface area (Å²) < 4.78 is 0. The number of aromatic carboxylic acids is 1. The lowest BCUT2D eigenvalue weighted by atomic mass is 9.85. The average molecular weight is 256 g/mol. The Hall–Kier alpha value is -1.57. The number of allylic oxidation sites excluding steroid dienone is 2. The molecule has 100 valence electrons. The molecule has 3 rings (SSSR count). The Morgan fingerprint density at radius 2 is 1.95 bits per heavy atom. The normalized spacial score (nSPS) is 25.8. The Morgan fingerprint density at radius 1 is 1.16 bits per heavy atom. The highest BCUT2D eigenvalue weighted by molar-refractivity contribution is 5.87. The lowest BCUT2D eigenvalue weighted by molar-refractivity contribution is 0.0697. The van der Waals surface area contributed by atoms with Crippen molar-refractivity contribution < 1.29 is 9.90 Å². The molecule has 0 heterocycles. The van der Waals surface area contributed by atoms with Crippen LogP contribution in [0, 0.1) is 11.8 Å². The summed E-state index contributed by atoms with van der Waals surface area (Å²) in [6.07, 6.45) is 10.2. The van der Waals surface area contributed by atoms with Gasteiger partial charge in [0.2, 0.25) is 0 Å². The minimum atomic E-state index is -0.844. The first kappa shape index (κ1) is 12.5. The maximum absolute atomic E-state index is 10.8. The zero-order valence-corrected chi connectivity index (χ0v) is 11.1. The molecule has 1 aromatic carbocycles. The molecule has 2 heteroatoms. The predicted molar refractivity (Wildman–Crippen MR) is 75.3 cm³/mol. The van der Waals surface area contributed by atoms with E-state index in [1.165, 1.54) is 37.7 Å². The Kier molecular flexibility index (Phi) is 3.41. The van der Waals surface area contributed by atoms with Gasteiger partial charge in [-0.25, -0.2) is 4.79 Å². The van der Waals surface area contributed by atoms with Crippen molar-refractivity contribution >= 4 is 5.97 Å². The van der Waals surface area contributed by atoms with E-state index in [9.17, 15) is 4.79 Å². The molecule has 2 nitrogen and oxygen atoms in total.